The van der Waals surface area contributed by atoms with Gasteiger partial charge in [-0.05, 0) is 71.7 Å². The van der Waals surface area contributed by atoms with Crippen molar-refractivity contribution in [1.82, 2.24) is 5.32 Å². The van der Waals surface area contributed by atoms with Gasteiger partial charge in [-0.2, -0.15) is 0 Å². The van der Waals surface area contributed by atoms with Crippen molar-refractivity contribution in [2.75, 3.05) is 22.4 Å². The largest absolute Gasteiger partial charge is 0.341 e. The Bertz CT molecular complexity index is 1480. The Hall–Kier alpha value is -3.97. The quantitative estimate of drug-likeness (QED) is 0.234. The van der Waals surface area contributed by atoms with E-state index in [0.717, 1.165) is 0 Å². The van der Waals surface area contributed by atoms with Gasteiger partial charge in [0.25, 0.3) is 21.6 Å². The first kappa shape index (κ1) is 26.6. The number of sulfonamides is 1. The van der Waals surface area contributed by atoms with Crippen molar-refractivity contribution < 1.29 is 22.9 Å². The average Bonchev–Trinajstić information content (AvgIpc) is 2.82. The molecular formula is C23H22BrN5O6S. The normalized spacial score (nSPS) is 10.9. The van der Waals surface area contributed by atoms with Crippen LogP contribution in [-0.4, -0.2) is 32.3 Å². The molecule has 11 nitrogen and oxygen atoms in total. The molecule has 3 amide bonds. The van der Waals surface area contributed by atoms with Crippen LogP contribution < -0.4 is 20.7 Å². The lowest BCUT2D eigenvalue weighted by Gasteiger charge is -2.15. The molecule has 0 aliphatic rings. The highest BCUT2D eigenvalue weighted by atomic mass is 79.9. The minimum absolute atomic E-state index is 0.0115. The summed E-state index contributed by atoms with van der Waals surface area (Å²) in [5.41, 5.74) is 0.788. The van der Waals surface area contributed by atoms with Gasteiger partial charge in [0.1, 0.15) is 0 Å². The van der Waals surface area contributed by atoms with Crippen molar-refractivity contribution in [3.8, 4) is 0 Å². The number of aryl methyl sites for hydroxylation is 1. The predicted octanol–water partition coefficient (Wildman–Crippen LogP) is 4.78. The molecule has 3 aromatic rings. The third-order valence-corrected chi connectivity index (χ3v) is 7.26. The van der Waals surface area contributed by atoms with Gasteiger partial charge in [0.2, 0.25) is 0 Å². The lowest BCUT2D eigenvalue weighted by Crippen LogP contribution is -2.24. The van der Waals surface area contributed by atoms with E-state index >= 15 is 0 Å². The zero-order chi connectivity index (χ0) is 26.6. The number of anilines is 3. The summed E-state index contributed by atoms with van der Waals surface area (Å²) in [5, 5.41) is 19.1. The Morgan fingerprint density at radius 2 is 1.67 bits per heavy atom. The Morgan fingerprint density at radius 1 is 0.972 bits per heavy atom. The second kappa shape index (κ2) is 10.7. The first-order valence-electron chi connectivity index (χ1n) is 10.4. The monoisotopic (exact) mass is 575 g/mol. The van der Waals surface area contributed by atoms with Gasteiger partial charge in [-0.1, -0.05) is 12.1 Å². The summed E-state index contributed by atoms with van der Waals surface area (Å²) in [4.78, 5) is 35.2. The molecule has 0 heterocycles. The van der Waals surface area contributed by atoms with Gasteiger partial charge >= 0.3 is 6.03 Å². The molecule has 0 bridgehead atoms. The van der Waals surface area contributed by atoms with Crippen LogP contribution in [0.15, 0.2) is 64.0 Å². The molecule has 0 fully saturated rings. The van der Waals surface area contributed by atoms with Crippen LogP contribution in [0.3, 0.4) is 0 Å². The zero-order valence-corrected chi connectivity index (χ0v) is 21.8. The van der Waals surface area contributed by atoms with Crippen LogP contribution >= 0.6 is 15.9 Å². The van der Waals surface area contributed by atoms with Crippen LogP contribution in [0, 0.1) is 24.0 Å². The molecule has 0 aliphatic heterocycles. The molecule has 0 radical (unpaired) electrons. The maximum Gasteiger partial charge on any atom is 0.318 e. The Morgan fingerprint density at radius 3 is 2.33 bits per heavy atom. The number of carbonyl (C=O) groups is 2. The van der Waals surface area contributed by atoms with E-state index in [1.807, 2.05) is 0 Å². The van der Waals surface area contributed by atoms with Gasteiger partial charge in [-0.25, -0.2) is 13.2 Å². The van der Waals surface area contributed by atoms with Crippen molar-refractivity contribution in [2.45, 2.75) is 18.7 Å². The minimum atomic E-state index is -4.28. The van der Waals surface area contributed by atoms with E-state index < -0.39 is 26.9 Å². The molecule has 0 atom stereocenters. The molecule has 0 saturated carbocycles. The van der Waals surface area contributed by atoms with E-state index in [1.54, 1.807) is 31.2 Å². The SMILES string of the molecule is CNC(=O)Nc1ccc(Br)c(NC(=O)c2ccccc2NS(=O)(=O)c2cc(C)cc([N+](=O)[O-])c2C)c1. The minimum Gasteiger partial charge on any atom is -0.341 e. The zero-order valence-electron chi connectivity index (χ0n) is 19.4. The maximum atomic E-state index is 13.2. The number of nitrogens with zero attached hydrogens (tertiary/aromatic N) is 1. The smallest absolute Gasteiger partial charge is 0.318 e. The van der Waals surface area contributed by atoms with Crippen molar-refractivity contribution >= 4 is 60.6 Å². The summed E-state index contributed by atoms with van der Waals surface area (Å²) in [6, 6.07) is 12.9. The topological polar surface area (TPSA) is 160 Å². The second-order valence-electron chi connectivity index (χ2n) is 7.67. The van der Waals surface area contributed by atoms with Crippen molar-refractivity contribution in [3.05, 3.63) is 85.9 Å². The van der Waals surface area contributed by atoms with Gasteiger partial charge < -0.3 is 16.0 Å². The molecular weight excluding hydrogens is 554 g/mol. The molecule has 0 aromatic heterocycles. The van der Waals surface area contributed by atoms with E-state index in [-0.39, 0.29) is 27.4 Å². The van der Waals surface area contributed by atoms with E-state index in [2.05, 4.69) is 36.6 Å². The van der Waals surface area contributed by atoms with Crippen molar-refractivity contribution in [2.24, 2.45) is 0 Å². The van der Waals surface area contributed by atoms with E-state index in [0.29, 0.717) is 21.4 Å². The van der Waals surface area contributed by atoms with E-state index in [9.17, 15) is 28.1 Å². The summed E-state index contributed by atoms with van der Waals surface area (Å²) in [7, 11) is -2.82. The van der Waals surface area contributed by atoms with Crippen molar-refractivity contribution in [3.63, 3.8) is 0 Å². The summed E-state index contributed by atoms with van der Waals surface area (Å²) in [6.45, 7) is 2.90. The molecule has 0 spiro atoms. The molecule has 4 N–H and O–H groups in total. The molecule has 188 valence electrons. The van der Waals surface area contributed by atoms with E-state index in [1.165, 1.54) is 44.3 Å². The Kier molecular flexibility index (Phi) is 7.95. The van der Waals surface area contributed by atoms with Crippen molar-refractivity contribution in [1.29, 1.82) is 0 Å². The van der Waals surface area contributed by atoms with Gasteiger partial charge in [-0.3, -0.25) is 19.6 Å². The Balaban J connectivity index is 1.94. The Labute approximate surface area is 215 Å². The number of urea groups is 1. The molecule has 0 unspecified atom stereocenters. The predicted molar refractivity (Wildman–Crippen MR) is 140 cm³/mol. The van der Waals surface area contributed by atoms with Crippen LogP contribution in [0.5, 0.6) is 0 Å². The summed E-state index contributed by atoms with van der Waals surface area (Å²) < 4.78 is 29.3. The number of amides is 3. The van der Waals surface area contributed by atoms with Crippen LogP contribution in [-0.2, 0) is 10.0 Å². The molecule has 3 rings (SSSR count). The number of carbonyl (C=O) groups excluding carboxylic acids is 2. The summed E-state index contributed by atoms with van der Waals surface area (Å²) in [6.07, 6.45) is 0. The third kappa shape index (κ3) is 5.98. The first-order valence-corrected chi connectivity index (χ1v) is 12.7. The number of nitro groups is 1. The first-order chi connectivity index (χ1) is 16.9. The lowest BCUT2D eigenvalue weighted by atomic mass is 10.1. The fraction of sp³-hybridized carbons (Fsp3) is 0.130. The van der Waals surface area contributed by atoms with Crippen LogP contribution in [0.4, 0.5) is 27.5 Å². The van der Waals surface area contributed by atoms with Gasteiger partial charge in [0.05, 0.1) is 26.8 Å². The fourth-order valence-corrected chi connectivity index (χ4v) is 5.10. The number of hydrogen-bond donors (Lipinski definition) is 4. The number of rotatable bonds is 7. The molecule has 0 aliphatic carbocycles. The number of benzene rings is 3. The van der Waals surface area contributed by atoms with Gasteiger partial charge in [-0.15, -0.1) is 0 Å². The average molecular weight is 576 g/mol. The maximum absolute atomic E-state index is 13.2. The molecule has 0 saturated heterocycles. The molecule has 13 heteroatoms. The van der Waals surface area contributed by atoms with Gasteiger partial charge in [0, 0.05) is 28.8 Å². The number of hydrogen-bond acceptors (Lipinski definition) is 6. The van der Waals surface area contributed by atoms with Gasteiger partial charge in [0.15, 0.2) is 0 Å². The standard InChI is InChI=1S/C23H22BrN5O6S/c1-13-10-20(29(32)33)14(2)21(11-13)36(34,35)28-18-7-5-4-6-16(18)22(30)27-19-12-15(8-9-17(19)24)26-23(31)25-3/h4-12,28H,1-3H3,(H,27,30)(H2,25,26,31). The molecule has 3 aromatic carbocycles. The van der Waals surface area contributed by atoms with E-state index in [4.69, 9.17) is 0 Å². The summed E-state index contributed by atoms with van der Waals surface area (Å²) in [5.74, 6) is -0.627. The summed E-state index contributed by atoms with van der Waals surface area (Å²) >= 11 is 3.34. The fourth-order valence-electron chi connectivity index (χ4n) is 3.33. The number of nitro benzene ring substituents is 1. The van der Waals surface area contributed by atoms with Crippen LogP contribution in [0.1, 0.15) is 21.5 Å². The van der Waals surface area contributed by atoms with Crippen LogP contribution in [0.25, 0.3) is 0 Å². The molecule has 36 heavy (non-hydrogen) atoms. The number of nitrogens with one attached hydrogen (secondary N) is 4. The third-order valence-electron chi connectivity index (χ3n) is 5.08. The highest BCUT2D eigenvalue weighted by Crippen LogP contribution is 2.30. The van der Waals surface area contributed by atoms with Crippen LogP contribution in [0.2, 0.25) is 0 Å². The highest BCUT2D eigenvalue weighted by Gasteiger charge is 2.26. The number of halogens is 1. The highest BCUT2D eigenvalue weighted by molar-refractivity contribution is 9.10. The lowest BCUT2D eigenvalue weighted by molar-refractivity contribution is -0.385. The second-order valence-corrected chi connectivity index (χ2v) is 10.2. The number of para-hydroxylation sites is 1.